The van der Waals surface area contributed by atoms with Gasteiger partial charge in [0.25, 0.3) is 0 Å². The van der Waals surface area contributed by atoms with Crippen LogP contribution in [0, 0.1) is 0 Å². The quantitative estimate of drug-likeness (QED) is 0.627. The molecule has 5 rings (SSSR count). The molecule has 24 heavy (non-hydrogen) atoms. The van der Waals surface area contributed by atoms with Gasteiger partial charge >= 0.3 is 0 Å². The molecule has 0 fully saturated rings. The summed E-state index contributed by atoms with van der Waals surface area (Å²) in [5, 5.41) is 0.934. The van der Waals surface area contributed by atoms with Gasteiger partial charge < -0.3 is 4.57 Å². The Balaban J connectivity index is 1.94. The molecule has 0 atom stereocenters. The zero-order chi connectivity index (χ0) is 16.3. The highest BCUT2D eigenvalue weighted by Crippen LogP contribution is 2.45. The third kappa shape index (κ3) is 1.61. The van der Waals surface area contributed by atoms with E-state index in [-0.39, 0.29) is 11.6 Å². The third-order valence-electron chi connectivity index (χ3n) is 5.04. The Kier molecular flexibility index (Phi) is 2.69. The van der Waals surface area contributed by atoms with Crippen molar-refractivity contribution in [1.82, 2.24) is 4.57 Å². The average Bonchev–Trinajstić information content (AvgIpc) is 3.10. The van der Waals surface area contributed by atoms with Crippen LogP contribution in [0.25, 0.3) is 22.2 Å². The van der Waals surface area contributed by atoms with Crippen LogP contribution in [0.2, 0.25) is 0 Å². The van der Waals surface area contributed by atoms with Gasteiger partial charge in [-0.05, 0) is 36.6 Å². The predicted molar refractivity (Wildman–Crippen MR) is 93.4 cm³/mol. The van der Waals surface area contributed by atoms with E-state index in [0.29, 0.717) is 17.6 Å². The average molecular weight is 313 g/mol. The number of hydrogen-bond donors (Lipinski definition) is 0. The summed E-state index contributed by atoms with van der Waals surface area (Å²) in [5.74, 6) is -0.0864. The molecule has 0 aliphatic heterocycles. The van der Waals surface area contributed by atoms with Crippen LogP contribution in [-0.4, -0.2) is 16.1 Å². The smallest absolute Gasteiger partial charge is 0.199 e. The van der Waals surface area contributed by atoms with E-state index in [4.69, 9.17) is 0 Å². The predicted octanol–water partition coefficient (Wildman–Crippen LogP) is 4.33. The Morgan fingerprint density at radius 1 is 0.833 bits per heavy atom. The Labute approximate surface area is 139 Å². The lowest BCUT2D eigenvalue weighted by Crippen LogP contribution is -2.14. The highest BCUT2D eigenvalue weighted by atomic mass is 16.1. The van der Waals surface area contributed by atoms with Crippen LogP contribution in [0.3, 0.4) is 0 Å². The van der Waals surface area contributed by atoms with E-state index >= 15 is 0 Å². The number of benzene rings is 2. The number of nitrogens with zero attached hydrogens (tertiary/aromatic N) is 1. The monoisotopic (exact) mass is 313 g/mol. The first-order valence-electron chi connectivity index (χ1n) is 8.27. The molecule has 2 aromatic carbocycles. The Morgan fingerprint density at radius 3 is 2.42 bits per heavy atom. The van der Waals surface area contributed by atoms with Crippen molar-refractivity contribution < 1.29 is 9.59 Å². The van der Waals surface area contributed by atoms with Crippen LogP contribution >= 0.6 is 0 Å². The maximum absolute atomic E-state index is 13.0. The van der Waals surface area contributed by atoms with Crippen LogP contribution in [-0.2, 0) is 4.79 Å². The highest BCUT2D eigenvalue weighted by molar-refractivity contribution is 6.38. The van der Waals surface area contributed by atoms with Crippen molar-refractivity contribution in [2.24, 2.45) is 0 Å². The Morgan fingerprint density at radius 2 is 1.58 bits per heavy atom. The number of Topliss-reactive ketones (excluding diaryl/α,β-unsaturated/α-hetero) is 2. The van der Waals surface area contributed by atoms with Crippen molar-refractivity contribution in [3.8, 4) is 5.69 Å². The van der Waals surface area contributed by atoms with Gasteiger partial charge in [-0.25, -0.2) is 0 Å². The first kappa shape index (κ1) is 13.5. The molecule has 2 aliphatic carbocycles. The van der Waals surface area contributed by atoms with Crippen LogP contribution in [0.4, 0.5) is 0 Å². The molecule has 0 spiro atoms. The molecule has 0 unspecified atom stereocenters. The number of carbonyl (C=O) groups is 2. The lowest BCUT2D eigenvalue weighted by Gasteiger charge is -2.16. The largest absolute Gasteiger partial charge is 0.309 e. The molecular weight excluding hydrogens is 298 g/mol. The maximum Gasteiger partial charge on any atom is 0.199 e. The number of rotatable bonds is 1. The number of ketones is 2. The molecule has 2 aliphatic rings. The minimum Gasteiger partial charge on any atom is -0.309 e. The van der Waals surface area contributed by atoms with Gasteiger partial charge in [0.05, 0.1) is 22.3 Å². The van der Waals surface area contributed by atoms with Gasteiger partial charge in [0.1, 0.15) is 0 Å². The molecule has 0 saturated heterocycles. The van der Waals surface area contributed by atoms with E-state index in [1.807, 2.05) is 54.6 Å². The Hall–Kier alpha value is -2.94. The lowest BCUT2D eigenvalue weighted by molar-refractivity contribution is -0.115. The molecule has 3 nitrogen and oxygen atoms in total. The standard InChI is InChI=1S/C21H15NO2/c23-17-12-6-10-15-18(17)21(24)19-14-9-4-5-11-16(14)22(20(15)19)13-7-2-1-3-8-13/h1-5,7-9,11H,6,10,12H2. The van der Waals surface area contributed by atoms with Crippen molar-refractivity contribution in [3.05, 3.63) is 71.4 Å². The molecule has 0 bridgehead atoms. The number of carbonyl (C=O) groups excluding carboxylic acids is 2. The van der Waals surface area contributed by atoms with Crippen molar-refractivity contribution in [2.75, 3.05) is 0 Å². The fourth-order valence-corrected chi connectivity index (χ4v) is 4.07. The number of para-hydroxylation sites is 2. The molecule has 3 heteroatoms. The van der Waals surface area contributed by atoms with Crippen molar-refractivity contribution in [2.45, 2.75) is 19.3 Å². The van der Waals surface area contributed by atoms with Crippen LogP contribution < -0.4 is 0 Å². The topological polar surface area (TPSA) is 39.1 Å². The first-order valence-corrected chi connectivity index (χ1v) is 8.27. The maximum atomic E-state index is 13.0. The van der Waals surface area contributed by atoms with E-state index in [1.165, 1.54) is 0 Å². The first-order chi connectivity index (χ1) is 11.8. The van der Waals surface area contributed by atoms with Gasteiger partial charge in [-0.15, -0.1) is 0 Å². The number of fused-ring (bicyclic) bond motifs is 4. The molecule has 0 amide bonds. The summed E-state index contributed by atoms with van der Waals surface area (Å²) in [6.07, 6.45) is 2.10. The van der Waals surface area contributed by atoms with Gasteiger partial charge in [-0.1, -0.05) is 36.4 Å². The minimum atomic E-state index is -0.0874. The molecule has 116 valence electrons. The van der Waals surface area contributed by atoms with Crippen molar-refractivity contribution in [3.63, 3.8) is 0 Å². The highest BCUT2D eigenvalue weighted by Gasteiger charge is 2.40. The van der Waals surface area contributed by atoms with E-state index in [1.54, 1.807) is 0 Å². The normalized spacial score (nSPS) is 16.7. The Bertz CT molecular complexity index is 1050. The zero-order valence-electron chi connectivity index (χ0n) is 13.1. The molecule has 1 heterocycles. The fraction of sp³-hybridized carbons (Fsp3) is 0.143. The second kappa shape index (κ2) is 4.78. The van der Waals surface area contributed by atoms with E-state index in [0.717, 1.165) is 40.7 Å². The molecule has 3 aromatic rings. The van der Waals surface area contributed by atoms with Gasteiger partial charge in [-0.3, -0.25) is 9.59 Å². The number of aromatic nitrogens is 1. The molecule has 1 aromatic heterocycles. The van der Waals surface area contributed by atoms with Gasteiger partial charge in [0.15, 0.2) is 11.6 Å². The van der Waals surface area contributed by atoms with E-state index in [9.17, 15) is 9.59 Å². The van der Waals surface area contributed by atoms with E-state index < -0.39 is 0 Å². The molecule has 0 radical (unpaired) electrons. The third-order valence-corrected chi connectivity index (χ3v) is 5.04. The summed E-state index contributed by atoms with van der Waals surface area (Å²) in [5.41, 5.74) is 5.04. The van der Waals surface area contributed by atoms with Gasteiger partial charge in [-0.2, -0.15) is 0 Å². The SMILES string of the molecule is O=C1CCCC2=C1C(=O)c1c2n(-c2ccccc2)c2ccccc12. The summed E-state index contributed by atoms with van der Waals surface area (Å²) < 4.78 is 2.14. The summed E-state index contributed by atoms with van der Waals surface area (Å²) in [6, 6.07) is 18.0. The van der Waals surface area contributed by atoms with Gasteiger partial charge in [0.2, 0.25) is 0 Å². The van der Waals surface area contributed by atoms with Crippen LogP contribution in [0.5, 0.6) is 0 Å². The fourth-order valence-electron chi connectivity index (χ4n) is 4.07. The van der Waals surface area contributed by atoms with Crippen molar-refractivity contribution in [1.29, 1.82) is 0 Å². The van der Waals surface area contributed by atoms with Gasteiger partial charge in [0, 0.05) is 17.5 Å². The molecule has 0 saturated carbocycles. The van der Waals surface area contributed by atoms with Crippen molar-refractivity contribution >= 4 is 28.0 Å². The lowest BCUT2D eigenvalue weighted by atomic mass is 9.91. The minimum absolute atomic E-state index is 0.00106. The number of allylic oxidation sites excluding steroid dienone is 2. The van der Waals surface area contributed by atoms with Crippen LogP contribution in [0.15, 0.2) is 60.2 Å². The second-order valence-electron chi connectivity index (χ2n) is 6.37. The summed E-state index contributed by atoms with van der Waals surface area (Å²) in [7, 11) is 0. The molecular formula is C21H15NO2. The second-order valence-corrected chi connectivity index (χ2v) is 6.37. The summed E-state index contributed by atoms with van der Waals surface area (Å²) in [6.45, 7) is 0. The molecule has 0 N–H and O–H groups in total. The summed E-state index contributed by atoms with van der Waals surface area (Å²) >= 11 is 0. The summed E-state index contributed by atoms with van der Waals surface area (Å²) in [4.78, 5) is 25.4. The zero-order valence-corrected chi connectivity index (χ0v) is 13.1. The number of hydrogen-bond acceptors (Lipinski definition) is 2. The van der Waals surface area contributed by atoms with E-state index in [2.05, 4.69) is 4.57 Å². The van der Waals surface area contributed by atoms with Crippen LogP contribution in [0.1, 0.15) is 35.3 Å².